The van der Waals surface area contributed by atoms with E-state index in [0.29, 0.717) is 23.8 Å². The second-order valence-electron chi connectivity index (χ2n) is 5.46. The van der Waals surface area contributed by atoms with Crippen LogP contribution in [0, 0.1) is 0 Å². The standard InChI is InChI=1S/C17H24N2O4/c1-11(17(18)20)19-7-5-12(6-8-19)16-14(22-3)9-13(21-2)10-15(16)23-4/h5,9-11H,6-8H2,1-4H3,(H2,18,20)/t11-/m1/s1. The van der Waals surface area contributed by atoms with Gasteiger partial charge >= 0.3 is 0 Å². The molecule has 23 heavy (non-hydrogen) atoms. The molecule has 1 aliphatic heterocycles. The zero-order chi connectivity index (χ0) is 17.0. The molecule has 0 saturated heterocycles. The summed E-state index contributed by atoms with van der Waals surface area (Å²) in [6.07, 6.45) is 2.88. The van der Waals surface area contributed by atoms with Crippen molar-refractivity contribution in [2.24, 2.45) is 5.73 Å². The number of carbonyl (C=O) groups is 1. The molecule has 1 atom stereocenters. The fourth-order valence-electron chi connectivity index (χ4n) is 2.77. The molecule has 0 aromatic heterocycles. The van der Waals surface area contributed by atoms with Crippen LogP contribution in [0.2, 0.25) is 0 Å². The first-order chi connectivity index (χ1) is 11.0. The van der Waals surface area contributed by atoms with Crippen LogP contribution in [0.3, 0.4) is 0 Å². The van der Waals surface area contributed by atoms with E-state index in [2.05, 4.69) is 6.08 Å². The topological polar surface area (TPSA) is 74.0 Å². The third-order valence-electron chi connectivity index (χ3n) is 4.24. The Morgan fingerprint density at radius 2 is 1.78 bits per heavy atom. The van der Waals surface area contributed by atoms with E-state index in [1.165, 1.54) is 0 Å². The lowest BCUT2D eigenvalue weighted by Gasteiger charge is -2.30. The van der Waals surface area contributed by atoms with E-state index in [-0.39, 0.29) is 11.9 Å². The van der Waals surface area contributed by atoms with Crippen molar-refractivity contribution in [3.05, 3.63) is 23.8 Å². The molecule has 6 nitrogen and oxygen atoms in total. The van der Waals surface area contributed by atoms with Gasteiger partial charge in [-0.1, -0.05) is 6.08 Å². The fraction of sp³-hybridized carbons (Fsp3) is 0.471. The van der Waals surface area contributed by atoms with Gasteiger partial charge in [0.15, 0.2) is 0 Å². The molecule has 1 aromatic rings. The van der Waals surface area contributed by atoms with Crippen molar-refractivity contribution in [3.63, 3.8) is 0 Å². The summed E-state index contributed by atoms with van der Waals surface area (Å²) < 4.78 is 16.3. The van der Waals surface area contributed by atoms with Crippen molar-refractivity contribution in [1.82, 2.24) is 4.90 Å². The lowest BCUT2D eigenvalue weighted by Crippen LogP contribution is -2.44. The Kier molecular flexibility index (Phi) is 5.50. The summed E-state index contributed by atoms with van der Waals surface area (Å²) in [7, 11) is 4.86. The molecule has 0 unspecified atom stereocenters. The number of benzene rings is 1. The van der Waals surface area contributed by atoms with Crippen molar-refractivity contribution < 1.29 is 19.0 Å². The van der Waals surface area contributed by atoms with Crippen molar-refractivity contribution in [1.29, 1.82) is 0 Å². The van der Waals surface area contributed by atoms with Gasteiger partial charge in [0, 0.05) is 25.2 Å². The van der Waals surface area contributed by atoms with Gasteiger partial charge in [0.25, 0.3) is 0 Å². The number of amides is 1. The zero-order valence-electron chi connectivity index (χ0n) is 14.1. The summed E-state index contributed by atoms with van der Waals surface area (Å²) in [5.74, 6) is 1.80. The van der Waals surface area contributed by atoms with E-state index in [0.717, 1.165) is 24.1 Å². The monoisotopic (exact) mass is 320 g/mol. The number of ether oxygens (including phenoxy) is 3. The Labute approximate surface area is 136 Å². The molecule has 2 N–H and O–H groups in total. The maximum atomic E-state index is 11.3. The van der Waals surface area contributed by atoms with Gasteiger partial charge in [-0.15, -0.1) is 0 Å². The van der Waals surface area contributed by atoms with Gasteiger partial charge < -0.3 is 19.9 Å². The van der Waals surface area contributed by atoms with Gasteiger partial charge in [0.1, 0.15) is 17.2 Å². The van der Waals surface area contributed by atoms with E-state index >= 15 is 0 Å². The van der Waals surface area contributed by atoms with Gasteiger partial charge in [-0.05, 0) is 18.9 Å². The molecule has 0 aliphatic carbocycles. The first-order valence-electron chi connectivity index (χ1n) is 7.54. The van der Waals surface area contributed by atoms with E-state index in [9.17, 15) is 4.79 Å². The lowest BCUT2D eigenvalue weighted by molar-refractivity contribution is -0.122. The first-order valence-corrected chi connectivity index (χ1v) is 7.54. The van der Waals surface area contributed by atoms with Crippen LogP contribution in [0.25, 0.3) is 5.57 Å². The maximum absolute atomic E-state index is 11.3. The van der Waals surface area contributed by atoms with E-state index in [4.69, 9.17) is 19.9 Å². The molecule has 0 fully saturated rings. The number of primary amides is 1. The minimum Gasteiger partial charge on any atom is -0.496 e. The fourth-order valence-corrected chi connectivity index (χ4v) is 2.77. The minimum atomic E-state index is -0.304. The number of rotatable bonds is 6. The van der Waals surface area contributed by atoms with Crippen molar-refractivity contribution in [2.45, 2.75) is 19.4 Å². The van der Waals surface area contributed by atoms with E-state index in [1.807, 2.05) is 24.0 Å². The smallest absolute Gasteiger partial charge is 0.234 e. The number of hydrogen-bond acceptors (Lipinski definition) is 5. The summed E-state index contributed by atoms with van der Waals surface area (Å²) in [5.41, 5.74) is 7.45. The van der Waals surface area contributed by atoms with Gasteiger partial charge in [-0.25, -0.2) is 0 Å². The second kappa shape index (κ2) is 7.37. The van der Waals surface area contributed by atoms with Crippen LogP contribution in [0.15, 0.2) is 18.2 Å². The van der Waals surface area contributed by atoms with Crippen LogP contribution in [0.5, 0.6) is 17.2 Å². The third kappa shape index (κ3) is 3.59. The van der Waals surface area contributed by atoms with Crippen LogP contribution in [0.4, 0.5) is 0 Å². The van der Waals surface area contributed by atoms with Crippen molar-refractivity contribution in [2.75, 3.05) is 34.4 Å². The quantitative estimate of drug-likeness (QED) is 0.863. The normalized spacial score (nSPS) is 16.4. The predicted octanol–water partition coefficient (Wildman–Crippen LogP) is 1.68. The molecule has 1 amide bonds. The molecular formula is C17H24N2O4. The summed E-state index contributed by atoms with van der Waals surface area (Å²) in [4.78, 5) is 13.4. The van der Waals surface area contributed by atoms with Gasteiger partial charge in [0.05, 0.1) is 32.9 Å². The molecule has 6 heteroatoms. The first kappa shape index (κ1) is 17.1. The summed E-state index contributed by atoms with van der Waals surface area (Å²) in [6.45, 7) is 3.25. The Morgan fingerprint density at radius 1 is 1.17 bits per heavy atom. The largest absolute Gasteiger partial charge is 0.496 e. The van der Waals surface area contributed by atoms with Gasteiger partial charge in [-0.3, -0.25) is 9.69 Å². The number of nitrogens with two attached hydrogens (primary N) is 1. The van der Waals surface area contributed by atoms with Crippen molar-refractivity contribution >= 4 is 11.5 Å². The van der Waals surface area contributed by atoms with Crippen LogP contribution in [0.1, 0.15) is 18.9 Å². The molecule has 0 saturated carbocycles. The molecule has 0 bridgehead atoms. The van der Waals surface area contributed by atoms with Crippen molar-refractivity contribution in [3.8, 4) is 17.2 Å². The predicted molar refractivity (Wildman–Crippen MR) is 88.9 cm³/mol. The number of methoxy groups -OCH3 is 3. The van der Waals surface area contributed by atoms with Crippen LogP contribution in [-0.4, -0.2) is 51.3 Å². The molecule has 0 radical (unpaired) electrons. The minimum absolute atomic E-state index is 0.271. The summed E-state index contributed by atoms with van der Waals surface area (Å²) in [6, 6.07) is 3.42. The zero-order valence-corrected chi connectivity index (χ0v) is 14.1. The van der Waals surface area contributed by atoms with Crippen LogP contribution in [-0.2, 0) is 4.79 Å². The molecule has 0 spiro atoms. The summed E-state index contributed by atoms with van der Waals surface area (Å²) >= 11 is 0. The highest BCUT2D eigenvalue weighted by Gasteiger charge is 2.24. The number of hydrogen-bond donors (Lipinski definition) is 1. The van der Waals surface area contributed by atoms with E-state index < -0.39 is 0 Å². The molecule has 126 valence electrons. The SMILES string of the molecule is COc1cc(OC)c(C2=CCN([C@H](C)C(N)=O)CC2)c(OC)c1. The Balaban J connectivity index is 2.34. The molecule has 1 aromatic carbocycles. The van der Waals surface area contributed by atoms with E-state index in [1.54, 1.807) is 21.3 Å². The van der Waals surface area contributed by atoms with Gasteiger partial charge in [-0.2, -0.15) is 0 Å². The third-order valence-corrected chi connectivity index (χ3v) is 4.24. The summed E-state index contributed by atoms with van der Waals surface area (Å²) in [5, 5.41) is 0. The number of nitrogens with zero attached hydrogens (tertiary/aromatic N) is 1. The Hall–Kier alpha value is -2.21. The van der Waals surface area contributed by atoms with Crippen LogP contribution < -0.4 is 19.9 Å². The molecule has 1 aliphatic rings. The molecule has 2 rings (SSSR count). The maximum Gasteiger partial charge on any atom is 0.234 e. The lowest BCUT2D eigenvalue weighted by atomic mass is 9.96. The Bertz CT molecular complexity index is 588. The highest BCUT2D eigenvalue weighted by atomic mass is 16.5. The van der Waals surface area contributed by atoms with Crippen LogP contribution >= 0.6 is 0 Å². The number of carbonyl (C=O) groups excluding carboxylic acids is 1. The molecular weight excluding hydrogens is 296 g/mol. The Morgan fingerprint density at radius 3 is 2.17 bits per heavy atom. The molecule has 1 heterocycles. The average Bonchev–Trinajstić information content (AvgIpc) is 2.59. The average molecular weight is 320 g/mol. The second-order valence-corrected chi connectivity index (χ2v) is 5.46. The highest BCUT2D eigenvalue weighted by molar-refractivity contribution is 5.80. The van der Waals surface area contributed by atoms with Gasteiger partial charge in [0.2, 0.25) is 5.91 Å². The highest BCUT2D eigenvalue weighted by Crippen LogP contribution is 2.40.